The number of nitrogens with one attached hydrogen (secondary N) is 1. The van der Waals surface area contributed by atoms with Gasteiger partial charge in [0.05, 0.1) is 18.6 Å². The van der Waals surface area contributed by atoms with E-state index in [1.165, 1.54) is 0 Å². The van der Waals surface area contributed by atoms with Crippen LogP contribution in [0.5, 0.6) is 0 Å². The number of hydrogen-bond donors (Lipinski definition) is 1. The Hall–Kier alpha value is -2.18. The van der Waals surface area contributed by atoms with Crippen LogP contribution >= 0.6 is 0 Å². The van der Waals surface area contributed by atoms with E-state index in [0.29, 0.717) is 19.6 Å². The normalized spacial score (nSPS) is 27.7. The smallest absolute Gasteiger partial charge is 0.313 e. The molecule has 4 rings (SSSR count). The highest BCUT2D eigenvalue weighted by Crippen LogP contribution is 2.52. The van der Waals surface area contributed by atoms with E-state index in [4.69, 9.17) is 4.74 Å². The predicted octanol–water partition coefficient (Wildman–Crippen LogP) is 2.31. The van der Waals surface area contributed by atoms with Crippen molar-refractivity contribution in [2.24, 2.45) is 11.3 Å². The van der Waals surface area contributed by atoms with Crippen LogP contribution in [0.25, 0.3) is 0 Å². The lowest BCUT2D eigenvalue weighted by molar-refractivity contribution is -0.146. The number of fused-ring (bicyclic) bond motifs is 1. The van der Waals surface area contributed by atoms with E-state index >= 15 is 0 Å². The molecule has 2 unspecified atom stereocenters. The lowest BCUT2D eigenvalue weighted by atomic mass is 9.75. The minimum absolute atomic E-state index is 0.0211. The zero-order valence-electron chi connectivity index (χ0n) is 17.3. The molecule has 29 heavy (non-hydrogen) atoms. The van der Waals surface area contributed by atoms with Crippen LogP contribution in [0.3, 0.4) is 0 Å². The first-order chi connectivity index (χ1) is 14.0. The van der Waals surface area contributed by atoms with E-state index in [-0.39, 0.29) is 17.8 Å². The summed E-state index contributed by atoms with van der Waals surface area (Å²) in [4.78, 5) is 29.4. The molecule has 1 aromatic carbocycles. The number of benzene rings is 1. The average Bonchev–Trinajstić information content (AvgIpc) is 3.18. The Labute approximate surface area is 172 Å². The molecular weight excluding hydrogens is 366 g/mol. The lowest BCUT2D eigenvalue weighted by Gasteiger charge is -2.33. The summed E-state index contributed by atoms with van der Waals surface area (Å²) < 4.78 is 5.36. The first kappa shape index (κ1) is 20.1. The van der Waals surface area contributed by atoms with E-state index in [0.717, 1.165) is 62.4 Å². The Kier molecular flexibility index (Phi) is 5.74. The summed E-state index contributed by atoms with van der Waals surface area (Å²) in [6.45, 7) is 12.2. The van der Waals surface area contributed by atoms with Crippen LogP contribution in [0.1, 0.15) is 25.3 Å². The van der Waals surface area contributed by atoms with Crippen molar-refractivity contribution in [1.29, 1.82) is 0 Å². The first-order valence-corrected chi connectivity index (χ1v) is 10.7. The molecule has 3 fully saturated rings. The zero-order valence-corrected chi connectivity index (χ0v) is 17.3. The summed E-state index contributed by atoms with van der Waals surface area (Å²) in [6.07, 6.45) is 2.28. The number of esters is 1. The number of hydrogen-bond acceptors (Lipinski definition) is 5. The third kappa shape index (κ3) is 4.23. The van der Waals surface area contributed by atoms with Crippen LogP contribution in [-0.2, 0) is 20.7 Å². The molecule has 6 nitrogen and oxygen atoms in total. The maximum absolute atomic E-state index is 12.4. The van der Waals surface area contributed by atoms with Crippen LogP contribution in [0.4, 0.5) is 5.69 Å². The van der Waals surface area contributed by atoms with Gasteiger partial charge in [-0.15, -0.1) is 0 Å². The number of carbonyl (C=O) groups excluding carboxylic acids is 2. The highest BCUT2D eigenvalue weighted by atomic mass is 16.5. The van der Waals surface area contributed by atoms with Gasteiger partial charge in [-0.2, -0.15) is 0 Å². The van der Waals surface area contributed by atoms with E-state index in [1.54, 1.807) is 0 Å². The monoisotopic (exact) mass is 397 g/mol. The van der Waals surface area contributed by atoms with Gasteiger partial charge in [0.25, 0.3) is 0 Å². The molecule has 1 aromatic rings. The summed E-state index contributed by atoms with van der Waals surface area (Å²) in [5.74, 6) is 0.185. The highest BCUT2D eigenvalue weighted by Gasteiger charge is 2.55. The summed E-state index contributed by atoms with van der Waals surface area (Å²) in [5, 5.41) is 3.00. The molecule has 2 aliphatic heterocycles. The summed E-state index contributed by atoms with van der Waals surface area (Å²) >= 11 is 0. The molecule has 2 atom stereocenters. The fourth-order valence-corrected chi connectivity index (χ4v) is 5.00. The molecule has 1 amide bonds. The number of allylic oxidation sites excluding steroid dienone is 1. The first-order valence-electron chi connectivity index (χ1n) is 10.7. The molecule has 0 radical (unpaired) electrons. The third-order valence-electron chi connectivity index (χ3n) is 6.74. The van der Waals surface area contributed by atoms with Crippen molar-refractivity contribution in [3.05, 3.63) is 42.0 Å². The standard InChI is InChI=1S/C23H31N3O3/c1-3-25-8-10-26(11-9-25)15-21(27)24-20-6-4-18(5-7-20)14-23-13-17(2)12-19(23)16-29-22(23)28/h4-7,19H,2-3,8-16H2,1H3,(H,24,27). The predicted molar refractivity (Wildman–Crippen MR) is 113 cm³/mol. The maximum atomic E-state index is 12.4. The lowest BCUT2D eigenvalue weighted by Crippen LogP contribution is -2.48. The number of piperazine rings is 1. The van der Waals surface area contributed by atoms with E-state index in [1.807, 2.05) is 24.3 Å². The summed E-state index contributed by atoms with van der Waals surface area (Å²) in [5.41, 5.74) is 2.60. The Morgan fingerprint density at radius 2 is 1.90 bits per heavy atom. The molecule has 0 spiro atoms. The van der Waals surface area contributed by atoms with Gasteiger partial charge >= 0.3 is 5.97 Å². The summed E-state index contributed by atoms with van der Waals surface area (Å²) in [7, 11) is 0. The number of cyclic esters (lactones) is 1. The Morgan fingerprint density at radius 3 is 2.59 bits per heavy atom. The van der Waals surface area contributed by atoms with Crippen LogP contribution in [0, 0.1) is 11.3 Å². The molecule has 6 heteroatoms. The van der Waals surface area contributed by atoms with Crippen LogP contribution < -0.4 is 5.32 Å². The molecule has 0 bridgehead atoms. The average molecular weight is 398 g/mol. The van der Waals surface area contributed by atoms with Gasteiger partial charge in [0.2, 0.25) is 5.91 Å². The topological polar surface area (TPSA) is 61.9 Å². The van der Waals surface area contributed by atoms with Gasteiger partial charge in [0, 0.05) is 37.8 Å². The SMILES string of the molecule is C=C1CC2COC(=O)C2(Cc2ccc(NC(=O)CN3CCN(CC)CC3)cc2)C1. The maximum Gasteiger partial charge on any atom is 0.313 e. The second-order valence-electron chi connectivity index (χ2n) is 8.71. The number of carbonyl (C=O) groups is 2. The Bertz CT molecular complexity index is 783. The van der Waals surface area contributed by atoms with Crippen LogP contribution in [0.15, 0.2) is 36.4 Å². The van der Waals surface area contributed by atoms with Crippen molar-refractivity contribution in [1.82, 2.24) is 9.80 Å². The van der Waals surface area contributed by atoms with Crippen LogP contribution in [-0.4, -0.2) is 67.6 Å². The Morgan fingerprint density at radius 1 is 1.21 bits per heavy atom. The fraction of sp³-hybridized carbons (Fsp3) is 0.565. The molecule has 2 heterocycles. The number of anilines is 1. The van der Waals surface area contributed by atoms with Gasteiger partial charge in [-0.3, -0.25) is 14.5 Å². The molecule has 156 valence electrons. The molecule has 0 aromatic heterocycles. The molecule has 1 saturated carbocycles. The number of amides is 1. The minimum atomic E-state index is -0.442. The van der Waals surface area contributed by atoms with Gasteiger partial charge in [-0.05, 0) is 43.5 Å². The van der Waals surface area contributed by atoms with E-state index in [9.17, 15) is 9.59 Å². The van der Waals surface area contributed by atoms with Gasteiger partial charge in [0.1, 0.15) is 0 Å². The number of rotatable bonds is 6. The van der Waals surface area contributed by atoms with Crippen molar-refractivity contribution in [3.63, 3.8) is 0 Å². The number of likely N-dealkylation sites (N-methyl/N-ethyl adjacent to an activating group) is 1. The van der Waals surface area contributed by atoms with Crippen molar-refractivity contribution in [2.75, 3.05) is 51.2 Å². The zero-order chi connectivity index (χ0) is 20.4. The molecule has 3 aliphatic rings. The molecular formula is C23H31N3O3. The highest BCUT2D eigenvalue weighted by molar-refractivity contribution is 5.92. The van der Waals surface area contributed by atoms with Crippen LogP contribution in [0.2, 0.25) is 0 Å². The van der Waals surface area contributed by atoms with Crippen molar-refractivity contribution in [2.45, 2.75) is 26.2 Å². The minimum Gasteiger partial charge on any atom is -0.465 e. The van der Waals surface area contributed by atoms with Crippen molar-refractivity contribution < 1.29 is 14.3 Å². The second kappa shape index (κ2) is 8.28. The third-order valence-corrected chi connectivity index (χ3v) is 6.74. The van der Waals surface area contributed by atoms with E-state index in [2.05, 4.69) is 28.6 Å². The number of nitrogens with zero attached hydrogens (tertiary/aromatic N) is 2. The van der Waals surface area contributed by atoms with Gasteiger partial charge in [0.15, 0.2) is 0 Å². The van der Waals surface area contributed by atoms with Crippen molar-refractivity contribution in [3.8, 4) is 0 Å². The quantitative estimate of drug-likeness (QED) is 0.590. The Balaban J connectivity index is 1.32. The molecule has 2 saturated heterocycles. The fourth-order valence-electron chi connectivity index (χ4n) is 5.00. The second-order valence-corrected chi connectivity index (χ2v) is 8.71. The van der Waals surface area contributed by atoms with Gasteiger partial charge in [-0.25, -0.2) is 0 Å². The molecule has 1 N–H and O–H groups in total. The van der Waals surface area contributed by atoms with Crippen molar-refractivity contribution >= 4 is 17.6 Å². The van der Waals surface area contributed by atoms with Gasteiger partial charge < -0.3 is 15.0 Å². The largest absolute Gasteiger partial charge is 0.465 e. The van der Waals surface area contributed by atoms with E-state index < -0.39 is 5.41 Å². The molecule has 1 aliphatic carbocycles. The van der Waals surface area contributed by atoms with Gasteiger partial charge in [-0.1, -0.05) is 31.2 Å². The number of ether oxygens (including phenoxy) is 1. The summed E-state index contributed by atoms with van der Waals surface area (Å²) in [6, 6.07) is 7.87.